The third kappa shape index (κ3) is 4.93. The summed E-state index contributed by atoms with van der Waals surface area (Å²) in [6, 6.07) is 15.7. The molecule has 0 saturated carbocycles. The second kappa shape index (κ2) is 11.9. The summed E-state index contributed by atoms with van der Waals surface area (Å²) in [5.41, 5.74) is 2.12. The molecule has 1 amide bonds. The number of carbonyl (C=O) groups excluding carboxylic acids is 2. The van der Waals surface area contributed by atoms with Crippen LogP contribution < -0.4 is 0 Å². The second-order valence-electron chi connectivity index (χ2n) is 10.2. The minimum atomic E-state index is -2.25. The van der Waals surface area contributed by atoms with Crippen molar-refractivity contribution in [2.24, 2.45) is 0 Å². The summed E-state index contributed by atoms with van der Waals surface area (Å²) in [7, 11) is 0. The third-order valence-electron chi connectivity index (χ3n) is 7.63. The van der Waals surface area contributed by atoms with Gasteiger partial charge in [-0.2, -0.15) is 0 Å². The lowest BCUT2D eigenvalue weighted by atomic mass is 9.83. The van der Waals surface area contributed by atoms with Crippen LogP contribution in [0.25, 0.3) is 22.5 Å². The highest BCUT2D eigenvalue weighted by Crippen LogP contribution is 2.39. The fourth-order valence-corrected chi connectivity index (χ4v) is 5.68. The molecule has 0 spiro atoms. The maximum absolute atomic E-state index is 13.3. The SMILES string of the molecule is CCCCc1nc2c(n1Cc1ccc(-c3ccccc3-c3nnn[nH]3)cc1)C(C(C)=O)(C(=O)O)N(C(=O)OCC)CC2. The van der Waals surface area contributed by atoms with Crippen molar-refractivity contribution >= 4 is 17.8 Å². The number of carbonyl (C=O) groups is 3. The number of rotatable bonds is 10. The van der Waals surface area contributed by atoms with Crippen LogP contribution in [0, 0.1) is 0 Å². The molecular weight excluding hydrogens is 538 g/mol. The number of aryl methyl sites for hydroxylation is 1. The van der Waals surface area contributed by atoms with Gasteiger partial charge in [0, 0.05) is 31.5 Å². The van der Waals surface area contributed by atoms with Crippen LogP contribution in [0.15, 0.2) is 48.5 Å². The van der Waals surface area contributed by atoms with Crippen molar-refractivity contribution in [1.29, 1.82) is 0 Å². The lowest BCUT2D eigenvalue weighted by Crippen LogP contribution is -2.62. The minimum absolute atomic E-state index is 0.0107. The van der Waals surface area contributed by atoms with Crippen LogP contribution in [0.5, 0.6) is 0 Å². The van der Waals surface area contributed by atoms with Crippen molar-refractivity contribution in [2.45, 2.75) is 58.5 Å². The Morgan fingerprint density at radius 2 is 1.81 bits per heavy atom. The van der Waals surface area contributed by atoms with Crippen molar-refractivity contribution in [3.63, 3.8) is 0 Å². The average molecular weight is 572 g/mol. The number of imidazole rings is 1. The Kier molecular flexibility index (Phi) is 8.14. The van der Waals surface area contributed by atoms with Crippen molar-refractivity contribution in [2.75, 3.05) is 13.2 Å². The number of H-pyrrole nitrogens is 1. The predicted molar refractivity (Wildman–Crippen MR) is 152 cm³/mol. The van der Waals surface area contributed by atoms with E-state index in [4.69, 9.17) is 9.72 Å². The number of nitrogens with zero attached hydrogens (tertiary/aromatic N) is 6. The lowest BCUT2D eigenvalue weighted by molar-refractivity contribution is -0.158. The molecule has 12 heteroatoms. The fourth-order valence-electron chi connectivity index (χ4n) is 5.68. The second-order valence-corrected chi connectivity index (χ2v) is 10.2. The van der Waals surface area contributed by atoms with Crippen LogP contribution in [0.2, 0.25) is 0 Å². The number of aromatic nitrogens is 6. The number of Topliss-reactive ketones (excluding diaryl/α,β-unsaturated/α-hetero) is 1. The summed E-state index contributed by atoms with van der Waals surface area (Å²) in [5.74, 6) is -0.866. The zero-order chi connectivity index (χ0) is 29.9. The van der Waals surface area contributed by atoms with Crippen LogP contribution in [-0.2, 0) is 39.3 Å². The lowest BCUT2D eigenvalue weighted by Gasteiger charge is -2.41. The molecule has 0 saturated heterocycles. The topological polar surface area (TPSA) is 156 Å². The molecule has 1 atom stereocenters. The Morgan fingerprint density at radius 1 is 1.07 bits per heavy atom. The number of ether oxygens (including phenoxy) is 1. The number of amides is 1. The molecule has 3 heterocycles. The van der Waals surface area contributed by atoms with Crippen molar-refractivity contribution in [3.8, 4) is 22.5 Å². The van der Waals surface area contributed by atoms with Crippen LogP contribution in [0.4, 0.5) is 4.79 Å². The number of tetrazole rings is 1. The average Bonchev–Trinajstić information content (AvgIpc) is 3.64. The molecule has 4 aromatic rings. The molecule has 42 heavy (non-hydrogen) atoms. The molecule has 0 aliphatic carbocycles. The highest BCUT2D eigenvalue weighted by atomic mass is 16.6. The Labute approximate surface area is 242 Å². The first-order valence-electron chi connectivity index (χ1n) is 14.0. The summed E-state index contributed by atoms with van der Waals surface area (Å²) in [5, 5.41) is 24.8. The fraction of sp³-hybridized carbons (Fsp3) is 0.367. The summed E-state index contributed by atoms with van der Waals surface area (Å²) < 4.78 is 7.02. The van der Waals surface area contributed by atoms with Gasteiger partial charge >= 0.3 is 12.1 Å². The van der Waals surface area contributed by atoms with E-state index in [9.17, 15) is 19.5 Å². The van der Waals surface area contributed by atoms with Gasteiger partial charge in [0.25, 0.3) is 0 Å². The molecule has 1 unspecified atom stereocenters. The van der Waals surface area contributed by atoms with Gasteiger partial charge in [-0.15, -0.1) is 5.10 Å². The van der Waals surface area contributed by atoms with Crippen LogP contribution in [0.1, 0.15) is 56.4 Å². The predicted octanol–water partition coefficient (Wildman–Crippen LogP) is 4.00. The molecule has 5 rings (SSSR count). The number of carboxylic acids is 1. The normalized spacial score (nSPS) is 16.2. The molecular formula is C30H33N7O5. The van der Waals surface area contributed by atoms with Gasteiger partial charge in [-0.05, 0) is 47.4 Å². The molecule has 12 nitrogen and oxygen atoms in total. The van der Waals surface area contributed by atoms with Gasteiger partial charge in [-0.25, -0.2) is 19.7 Å². The van der Waals surface area contributed by atoms with E-state index < -0.39 is 23.4 Å². The Balaban J connectivity index is 1.59. The smallest absolute Gasteiger partial charge is 0.411 e. The number of fused-ring (bicyclic) bond motifs is 1. The number of unbranched alkanes of at least 4 members (excludes halogenated alkanes) is 1. The minimum Gasteiger partial charge on any atom is -0.479 e. The monoisotopic (exact) mass is 571 g/mol. The molecule has 0 bridgehead atoms. The maximum atomic E-state index is 13.3. The molecule has 2 N–H and O–H groups in total. The number of aromatic amines is 1. The van der Waals surface area contributed by atoms with Gasteiger partial charge in [-0.3, -0.25) is 9.69 Å². The summed E-state index contributed by atoms with van der Waals surface area (Å²) in [6.45, 7) is 5.25. The van der Waals surface area contributed by atoms with E-state index in [-0.39, 0.29) is 25.4 Å². The quantitative estimate of drug-likeness (QED) is 0.269. The summed E-state index contributed by atoms with van der Waals surface area (Å²) in [6.07, 6.45) is 1.83. The van der Waals surface area contributed by atoms with E-state index in [1.165, 1.54) is 6.92 Å². The van der Waals surface area contributed by atoms with E-state index in [1.54, 1.807) is 6.92 Å². The number of hydrogen-bond donors (Lipinski definition) is 2. The number of aliphatic carboxylic acids is 1. The van der Waals surface area contributed by atoms with Crippen LogP contribution in [-0.4, -0.2) is 71.2 Å². The molecule has 218 valence electrons. The zero-order valence-corrected chi connectivity index (χ0v) is 23.8. The number of ketones is 1. The standard InChI is InChI=1S/C30H33N7O5/c1-4-6-11-25-31-24-16-17-37(29(41)42-5-2)30(19(3)38,28(39)40)26(24)36(25)18-20-12-14-21(15-13-20)22-9-7-8-10-23(22)27-32-34-35-33-27/h7-10,12-15H,4-6,11,16-18H2,1-3H3,(H,39,40)(H,32,33,34,35). The van der Waals surface area contributed by atoms with Crippen molar-refractivity contribution in [3.05, 3.63) is 71.3 Å². The van der Waals surface area contributed by atoms with E-state index >= 15 is 0 Å². The van der Waals surface area contributed by atoms with Crippen molar-refractivity contribution < 1.29 is 24.2 Å². The van der Waals surface area contributed by atoms with E-state index in [0.717, 1.165) is 40.0 Å². The first-order valence-corrected chi connectivity index (χ1v) is 14.0. The molecule has 2 aromatic heterocycles. The van der Waals surface area contributed by atoms with Gasteiger partial charge in [0.15, 0.2) is 11.6 Å². The van der Waals surface area contributed by atoms with E-state index in [2.05, 4.69) is 27.5 Å². The number of benzene rings is 2. The highest BCUT2D eigenvalue weighted by molar-refractivity contribution is 6.09. The largest absolute Gasteiger partial charge is 0.479 e. The first-order chi connectivity index (χ1) is 20.3. The van der Waals surface area contributed by atoms with Crippen LogP contribution >= 0.6 is 0 Å². The van der Waals surface area contributed by atoms with Crippen LogP contribution in [0.3, 0.4) is 0 Å². The van der Waals surface area contributed by atoms with Gasteiger partial charge in [0.2, 0.25) is 5.54 Å². The number of nitrogens with one attached hydrogen (secondary N) is 1. The van der Waals surface area contributed by atoms with Gasteiger partial charge in [0.1, 0.15) is 5.82 Å². The van der Waals surface area contributed by atoms with Gasteiger partial charge in [0.05, 0.1) is 18.0 Å². The Bertz CT molecular complexity index is 1580. The maximum Gasteiger partial charge on any atom is 0.411 e. The van der Waals surface area contributed by atoms with Gasteiger partial charge < -0.3 is 14.4 Å². The Morgan fingerprint density at radius 3 is 2.43 bits per heavy atom. The van der Waals surface area contributed by atoms with Gasteiger partial charge in [-0.1, -0.05) is 61.9 Å². The molecule has 0 fully saturated rings. The highest BCUT2D eigenvalue weighted by Gasteiger charge is 2.59. The third-order valence-corrected chi connectivity index (χ3v) is 7.63. The zero-order valence-electron chi connectivity index (χ0n) is 23.8. The summed E-state index contributed by atoms with van der Waals surface area (Å²) >= 11 is 0. The molecule has 0 radical (unpaired) electrons. The van der Waals surface area contributed by atoms with Crippen molar-refractivity contribution in [1.82, 2.24) is 35.1 Å². The Hall–Kier alpha value is -4.87. The molecule has 1 aliphatic rings. The molecule has 1 aliphatic heterocycles. The molecule has 2 aromatic carbocycles. The number of carboxylic acid groups (broad SMARTS) is 1. The van der Waals surface area contributed by atoms with E-state index in [0.29, 0.717) is 30.2 Å². The van der Waals surface area contributed by atoms with E-state index in [1.807, 2.05) is 53.1 Å². The summed E-state index contributed by atoms with van der Waals surface area (Å²) in [4.78, 5) is 45.2. The first kappa shape index (κ1) is 28.7. The number of hydrogen-bond acceptors (Lipinski definition) is 8.